The topological polar surface area (TPSA) is 50.1 Å². The molecule has 3 rings (SSSR count). The van der Waals surface area contributed by atoms with Gasteiger partial charge in [-0.1, -0.05) is 0 Å². The van der Waals surface area contributed by atoms with Crippen LogP contribution in [0.5, 0.6) is 0 Å². The first-order chi connectivity index (χ1) is 8.38. The second kappa shape index (κ2) is 4.78. The van der Waals surface area contributed by atoms with E-state index in [1.165, 1.54) is 25.0 Å². The number of rotatable bonds is 2. The molecule has 2 aliphatic rings. The summed E-state index contributed by atoms with van der Waals surface area (Å²) >= 11 is 0. The maximum absolute atomic E-state index is 9.39. The molecule has 94 valence electrons. The molecule has 17 heavy (non-hydrogen) atoms. The molecule has 3 heterocycles. The molecule has 1 aromatic rings. The minimum Gasteiger partial charge on any atom is -0.396 e. The molecule has 0 radical (unpaired) electrons. The first-order valence-electron chi connectivity index (χ1n) is 6.77. The highest BCUT2D eigenvalue weighted by Crippen LogP contribution is 2.30. The standard InChI is InChI=1S/C13H21N3O/c17-9-11-2-1-7-16-8-12(15-13(11)16)10-3-5-14-6-4-10/h8,10-11,14,17H,1-7,9H2. The number of imidazole rings is 1. The van der Waals surface area contributed by atoms with Crippen molar-refractivity contribution < 1.29 is 5.11 Å². The number of fused-ring (bicyclic) bond motifs is 1. The van der Waals surface area contributed by atoms with Crippen LogP contribution in [-0.2, 0) is 6.54 Å². The molecule has 1 aromatic heterocycles. The molecule has 0 saturated carbocycles. The van der Waals surface area contributed by atoms with Gasteiger partial charge in [0.2, 0.25) is 0 Å². The van der Waals surface area contributed by atoms with Crippen molar-refractivity contribution in [2.75, 3.05) is 19.7 Å². The van der Waals surface area contributed by atoms with Crippen molar-refractivity contribution in [1.82, 2.24) is 14.9 Å². The van der Waals surface area contributed by atoms with Crippen molar-refractivity contribution in [2.24, 2.45) is 0 Å². The van der Waals surface area contributed by atoms with Gasteiger partial charge < -0.3 is 15.0 Å². The largest absolute Gasteiger partial charge is 0.396 e. The molecular formula is C13H21N3O. The second-order valence-electron chi connectivity index (χ2n) is 5.26. The van der Waals surface area contributed by atoms with Gasteiger partial charge in [0.05, 0.1) is 12.3 Å². The summed E-state index contributed by atoms with van der Waals surface area (Å²) in [5.41, 5.74) is 1.25. The van der Waals surface area contributed by atoms with E-state index in [0.29, 0.717) is 5.92 Å². The summed E-state index contributed by atoms with van der Waals surface area (Å²) in [5, 5.41) is 12.8. The van der Waals surface area contributed by atoms with Gasteiger partial charge in [-0.25, -0.2) is 4.98 Å². The average Bonchev–Trinajstić information content (AvgIpc) is 2.83. The highest BCUT2D eigenvalue weighted by atomic mass is 16.3. The third-order valence-corrected chi connectivity index (χ3v) is 4.12. The summed E-state index contributed by atoms with van der Waals surface area (Å²) in [6.45, 7) is 3.53. The molecule has 0 spiro atoms. The highest BCUT2D eigenvalue weighted by molar-refractivity contribution is 5.15. The molecule has 4 heteroatoms. The van der Waals surface area contributed by atoms with Crippen LogP contribution in [0.4, 0.5) is 0 Å². The Bertz CT molecular complexity index is 382. The van der Waals surface area contributed by atoms with Crippen LogP contribution >= 0.6 is 0 Å². The van der Waals surface area contributed by atoms with Crippen LogP contribution in [0.25, 0.3) is 0 Å². The van der Waals surface area contributed by atoms with Crippen LogP contribution in [0.2, 0.25) is 0 Å². The Kier molecular flexibility index (Phi) is 3.16. The van der Waals surface area contributed by atoms with E-state index in [1.807, 2.05) is 0 Å². The van der Waals surface area contributed by atoms with Crippen molar-refractivity contribution in [1.29, 1.82) is 0 Å². The molecule has 2 N–H and O–H groups in total. The molecule has 1 unspecified atom stereocenters. The van der Waals surface area contributed by atoms with Gasteiger partial charge in [-0.2, -0.15) is 0 Å². The smallest absolute Gasteiger partial charge is 0.114 e. The van der Waals surface area contributed by atoms with Crippen LogP contribution in [0.1, 0.15) is 49.0 Å². The SMILES string of the molecule is OCC1CCCn2cc(C3CCNCC3)nc21. The number of aliphatic hydroxyl groups excluding tert-OH is 1. The first kappa shape index (κ1) is 11.2. The third kappa shape index (κ3) is 2.11. The van der Waals surface area contributed by atoms with E-state index in [9.17, 15) is 5.11 Å². The Morgan fingerprint density at radius 1 is 1.35 bits per heavy atom. The number of piperidine rings is 1. The lowest BCUT2D eigenvalue weighted by molar-refractivity contribution is 0.238. The maximum Gasteiger partial charge on any atom is 0.114 e. The Morgan fingerprint density at radius 3 is 2.94 bits per heavy atom. The van der Waals surface area contributed by atoms with E-state index in [0.717, 1.165) is 31.9 Å². The van der Waals surface area contributed by atoms with Gasteiger partial charge in [-0.3, -0.25) is 0 Å². The Labute approximate surface area is 102 Å². The first-order valence-corrected chi connectivity index (χ1v) is 6.77. The monoisotopic (exact) mass is 235 g/mol. The normalized spacial score (nSPS) is 25.8. The molecule has 0 bridgehead atoms. The zero-order chi connectivity index (χ0) is 11.7. The molecular weight excluding hydrogens is 214 g/mol. The fourth-order valence-corrected chi connectivity index (χ4v) is 3.08. The molecule has 1 saturated heterocycles. The molecule has 1 atom stereocenters. The van der Waals surface area contributed by atoms with Crippen molar-refractivity contribution >= 4 is 0 Å². The Hall–Kier alpha value is -0.870. The predicted octanol–water partition coefficient (Wildman–Crippen LogP) is 1.22. The van der Waals surface area contributed by atoms with Crippen molar-refractivity contribution in [2.45, 2.75) is 44.1 Å². The summed E-state index contributed by atoms with van der Waals surface area (Å²) in [5.74, 6) is 2.00. The summed E-state index contributed by atoms with van der Waals surface area (Å²) in [6, 6.07) is 0. The number of hydrogen-bond donors (Lipinski definition) is 2. The zero-order valence-electron chi connectivity index (χ0n) is 10.2. The molecule has 0 aliphatic carbocycles. The van der Waals surface area contributed by atoms with Crippen LogP contribution in [0.3, 0.4) is 0 Å². The van der Waals surface area contributed by atoms with E-state index >= 15 is 0 Å². The summed E-state index contributed by atoms with van der Waals surface area (Å²) < 4.78 is 2.27. The summed E-state index contributed by atoms with van der Waals surface area (Å²) in [6.07, 6.45) is 6.87. The maximum atomic E-state index is 9.39. The lowest BCUT2D eigenvalue weighted by Gasteiger charge is -2.21. The van der Waals surface area contributed by atoms with Gasteiger partial charge in [0.15, 0.2) is 0 Å². The number of aromatic nitrogens is 2. The third-order valence-electron chi connectivity index (χ3n) is 4.12. The van der Waals surface area contributed by atoms with Gasteiger partial charge in [0, 0.05) is 24.6 Å². The van der Waals surface area contributed by atoms with E-state index < -0.39 is 0 Å². The zero-order valence-corrected chi connectivity index (χ0v) is 10.2. The average molecular weight is 235 g/mol. The minimum atomic E-state index is 0.239. The highest BCUT2D eigenvalue weighted by Gasteiger charge is 2.25. The van der Waals surface area contributed by atoms with E-state index in [4.69, 9.17) is 4.98 Å². The van der Waals surface area contributed by atoms with E-state index in [-0.39, 0.29) is 12.5 Å². The molecule has 1 fully saturated rings. The van der Waals surface area contributed by atoms with Gasteiger partial charge in [-0.05, 0) is 38.8 Å². The van der Waals surface area contributed by atoms with Gasteiger partial charge in [-0.15, -0.1) is 0 Å². The van der Waals surface area contributed by atoms with Crippen LogP contribution in [0.15, 0.2) is 6.20 Å². The van der Waals surface area contributed by atoms with Crippen molar-refractivity contribution in [3.05, 3.63) is 17.7 Å². The lowest BCUT2D eigenvalue weighted by Crippen LogP contribution is -2.26. The van der Waals surface area contributed by atoms with Gasteiger partial charge in [0.1, 0.15) is 5.82 Å². The summed E-state index contributed by atoms with van der Waals surface area (Å²) in [4.78, 5) is 4.80. The molecule has 2 aliphatic heterocycles. The predicted molar refractivity (Wildman–Crippen MR) is 66.1 cm³/mol. The van der Waals surface area contributed by atoms with Crippen LogP contribution in [0, 0.1) is 0 Å². The number of aliphatic hydroxyl groups is 1. The molecule has 0 aromatic carbocycles. The van der Waals surface area contributed by atoms with Crippen molar-refractivity contribution in [3.8, 4) is 0 Å². The van der Waals surface area contributed by atoms with Crippen molar-refractivity contribution in [3.63, 3.8) is 0 Å². The number of nitrogens with zero attached hydrogens (tertiary/aromatic N) is 2. The molecule has 0 amide bonds. The Balaban J connectivity index is 1.84. The second-order valence-corrected chi connectivity index (χ2v) is 5.26. The van der Waals surface area contributed by atoms with Crippen LogP contribution in [-0.4, -0.2) is 34.4 Å². The molecule has 4 nitrogen and oxygen atoms in total. The minimum absolute atomic E-state index is 0.239. The fourth-order valence-electron chi connectivity index (χ4n) is 3.08. The summed E-state index contributed by atoms with van der Waals surface area (Å²) in [7, 11) is 0. The fraction of sp³-hybridized carbons (Fsp3) is 0.769. The number of hydrogen-bond acceptors (Lipinski definition) is 3. The van der Waals surface area contributed by atoms with E-state index in [1.54, 1.807) is 0 Å². The number of aryl methyl sites for hydroxylation is 1. The van der Waals surface area contributed by atoms with Gasteiger partial charge in [0.25, 0.3) is 0 Å². The van der Waals surface area contributed by atoms with Gasteiger partial charge >= 0.3 is 0 Å². The quantitative estimate of drug-likeness (QED) is 0.810. The lowest BCUT2D eigenvalue weighted by atomic mass is 9.95. The van der Waals surface area contributed by atoms with E-state index in [2.05, 4.69) is 16.1 Å². The Morgan fingerprint density at radius 2 is 2.18 bits per heavy atom. The number of nitrogens with one attached hydrogen (secondary N) is 1. The van der Waals surface area contributed by atoms with Crippen LogP contribution < -0.4 is 5.32 Å².